The van der Waals surface area contributed by atoms with Crippen LogP contribution in [0.25, 0.3) is 11.3 Å². The lowest BCUT2D eigenvalue weighted by Crippen LogP contribution is -2.31. The number of nitrogens with zero attached hydrogens (tertiary/aromatic N) is 2. The molecule has 0 saturated heterocycles. The Hall–Kier alpha value is -3.49. The third-order valence-electron chi connectivity index (χ3n) is 5.81. The monoisotopic (exact) mass is 483 g/mol. The highest BCUT2D eigenvalue weighted by Gasteiger charge is 2.42. The summed E-state index contributed by atoms with van der Waals surface area (Å²) in [6.45, 7) is 6.06. The number of aliphatic hydroxyl groups excluding tert-OH is 1. The van der Waals surface area contributed by atoms with Crippen LogP contribution in [0.1, 0.15) is 39.6 Å². The lowest BCUT2D eigenvalue weighted by atomic mass is 9.95. The van der Waals surface area contributed by atoms with Crippen molar-refractivity contribution < 1.29 is 24.5 Å². The van der Waals surface area contributed by atoms with Crippen LogP contribution < -0.4 is 9.47 Å². The van der Waals surface area contributed by atoms with Crippen LogP contribution in [0.3, 0.4) is 0 Å². The van der Waals surface area contributed by atoms with Crippen molar-refractivity contribution in [2.24, 2.45) is 0 Å². The van der Waals surface area contributed by atoms with Crippen molar-refractivity contribution in [3.8, 4) is 28.5 Å². The normalized spacial score (nSPS) is 14.9. The number of aromatic hydroxyl groups is 1. The van der Waals surface area contributed by atoms with E-state index in [1.807, 2.05) is 12.1 Å². The van der Waals surface area contributed by atoms with Crippen LogP contribution in [0.15, 0.2) is 43.0 Å². The topological polar surface area (TPSA) is 108 Å². The Balaban J connectivity index is 1.87. The molecule has 0 spiro atoms. The summed E-state index contributed by atoms with van der Waals surface area (Å²) in [5.74, 6) is 0.833. The lowest BCUT2D eigenvalue weighted by molar-refractivity contribution is 0.0732. The zero-order valence-corrected chi connectivity index (χ0v) is 19.7. The number of phenols is 1. The summed E-state index contributed by atoms with van der Waals surface area (Å²) < 4.78 is 11.2. The molecule has 4 rings (SSSR count). The van der Waals surface area contributed by atoms with Crippen LogP contribution in [0.4, 0.5) is 0 Å². The average molecular weight is 484 g/mol. The number of benzene rings is 2. The van der Waals surface area contributed by atoms with Crippen LogP contribution in [0.2, 0.25) is 5.02 Å². The van der Waals surface area contributed by atoms with Crippen molar-refractivity contribution in [3.63, 3.8) is 0 Å². The molecule has 0 fully saturated rings. The number of H-pyrrole nitrogens is 1. The maximum Gasteiger partial charge on any atom is 0.273 e. The van der Waals surface area contributed by atoms with Gasteiger partial charge in [0.05, 0.1) is 13.2 Å². The van der Waals surface area contributed by atoms with Gasteiger partial charge in [-0.05, 0) is 48.7 Å². The Morgan fingerprint density at radius 2 is 2.09 bits per heavy atom. The van der Waals surface area contributed by atoms with Crippen LogP contribution >= 0.6 is 11.6 Å². The molecular weight excluding hydrogens is 458 g/mol. The summed E-state index contributed by atoms with van der Waals surface area (Å²) in [5.41, 5.74) is 3.32. The number of rotatable bonds is 9. The first-order valence-corrected chi connectivity index (χ1v) is 11.2. The second kappa shape index (κ2) is 9.79. The number of aromatic nitrogens is 2. The number of aliphatic hydroxyl groups is 1. The minimum absolute atomic E-state index is 0.0157. The maximum absolute atomic E-state index is 13.3. The van der Waals surface area contributed by atoms with Crippen molar-refractivity contribution in [1.82, 2.24) is 15.1 Å². The Morgan fingerprint density at radius 3 is 2.79 bits per heavy atom. The summed E-state index contributed by atoms with van der Waals surface area (Å²) in [6.07, 6.45) is 2.05. The summed E-state index contributed by atoms with van der Waals surface area (Å²) in [5, 5.41) is 27.8. The molecule has 2 aromatic carbocycles. The number of methoxy groups -OCH3 is 1. The Labute approximate surface area is 202 Å². The number of ether oxygens (including phenoxy) is 2. The van der Waals surface area contributed by atoms with E-state index in [1.165, 1.54) is 0 Å². The van der Waals surface area contributed by atoms with E-state index in [9.17, 15) is 15.0 Å². The fourth-order valence-electron chi connectivity index (χ4n) is 4.20. The third kappa shape index (κ3) is 4.10. The van der Waals surface area contributed by atoms with E-state index in [4.69, 9.17) is 21.1 Å². The number of aryl methyl sites for hydroxylation is 1. The number of nitrogens with one attached hydrogen (secondary N) is 1. The number of amides is 1. The number of hydrogen-bond acceptors (Lipinski definition) is 6. The number of fused-ring (bicyclic) bond motifs is 1. The van der Waals surface area contributed by atoms with Gasteiger partial charge in [-0.15, -0.1) is 0 Å². The van der Waals surface area contributed by atoms with E-state index in [0.29, 0.717) is 58.6 Å². The summed E-state index contributed by atoms with van der Waals surface area (Å²) in [4.78, 5) is 15.0. The highest BCUT2D eigenvalue weighted by molar-refractivity contribution is 6.31. The second-order valence-corrected chi connectivity index (χ2v) is 8.37. The molecule has 2 heterocycles. The molecule has 3 aromatic rings. The molecule has 3 N–H and O–H groups in total. The van der Waals surface area contributed by atoms with Gasteiger partial charge in [0.1, 0.15) is 23.7 Å². The molecule has 9 heteroatoms. The number of halogens is 1. The zero-order chi connectivity index (χ0) is 24.4. The van der Waals surface area contributed by atoms with E-state index in [-0.39, 0.29) is 18.3 Å². The van der Waals surface area contributed by atoms with E-state index in [0.717, 1.165) is 11.1 Å². The third-order valence-corrected chi connectivity index (χ3v) is 6.22. The molecule has 0 bridgehead atoms. The molecule has 0 aliphatic carbocycles. The minimum atomic E-state index is -0.523. The highest BCUT2D eigenvalue weighted by atomic mass is 35.5. The van der Waals surface area contributed by atoms with Gasteiger partial charge >= 0.3 is 0 Å². The molecule has 178 valence electrons. The van der Waals surface area contributed by atoms with Crippen molar-refractivity contribution >= 4 is 17.5 Å². The van der Waals surface area contributed by atoms with Gasteiger partial charge in [-0.2, -0.15) is 5.10 Å². The number of aromatic amines is 1. The van der Waals surface area contributed by atoms with Gasteiger partial charge in [0.15, 0.2) is 11.5 Å². The first-order valence-electron chi connectivity index (χ1n) is 10.8. The second-order valence-electron chi connectivity index (χ2n) is 7.97. The largest absolute Gasteiger partial charge is 0.507 e. The van der Waals surface area contributed by atoms with Gasteiger partial charge in [-0.25, -0.2) is 0 Å². The van der Waals surface area contributed by atoms with E-state index >= 15 is 0 Å². The first kappa shape index (κ1) is 23.7. The van der Waals surface area contributed by atoms with Gasteiger partial charge in [0.2, 0.25) is 0 Å². The summed E-state index contributed by atoms with van der Waals surface area (Å²) in [7, 11) is 1.55. The fraction of sp³-hybridized carbons (Fsp3) is 0.280. The van der Waals surface area contributed by atoms with Gasteiger partial charge in [-0.1, -0.05) is 30.3 Å². The molecule has 1 amide bonds. The molecule has 1 aliphatic heterocycles. The molecule has 1 aromatic heterocycles. The number of phenolic OH excluding ortho intramolecular Hbond substituents is 1. The molecule has 1 aliphatic rings. The molecule has 0 saturated carbocycles. The maximum atomic E-state index is 13.3. The molecule has 34 heavy (non-hydrogen) atoms. The van der Waals surface area contributed by atoms with Gasteiger partial charge in [0.25, 0.3) is 5.91 Å². The SMILES string of the molecule is C=CCOc1ccc(C2c3c(-c4cc(Cl)c(C)cc4O)n[nH]c3C(=O)N2CCCO)cc1OC. The van der Waals surface area contributed by atoms with Gasteiger partial charge in [-0.3, -0.25) is 9.89 Å². The van der Waals surface area contributed by atoms with Crippen LogP contribution in [-0.4, -0.2) is 58.1 Å². The predicted molar refractivity (Wildman–Crippen MR) is 129 cm³/mol. The predicted octanol–water partition coefficient (Wildman–Crippen LogP) is 4.25. The molecule has 8 nitrogen and oxygen atoms in total. The van der Waals surface area contributed by atoms with Crippen molar-refractivity contribution in [3.05, 3.63) is 70.4 Å². The summed E-state index contributed by atoms with van der Waals surface area (Å²) in [6, 6.07) is 8.15. The standard InChI is InChI=1S/C25H26ClN3O5/c1-4-10-34-19-7-6-15(12-20(19)33-3)24-21-22(16-13-17(26)14(2)11-18(16)31)27-28-23(21)25(32)29(24)8-5-9-30/h4,6-7,11-13,24,30-31H,1,5,8-10H2,2-3H3,(H,27,28). The first-order chi connectivity index (χ1) is 16.4. The van der Waals surface area contributed by atoms with E-state index < -0.39 is 6.04 Å². The Bertz CT molecular complexity index is 1240. The molecular formula is C25H26ClN3O5. The average Bonchev–Trinajstić information content (AvgIpc) is 3.37. The number of carbonyl (C=O) groups excluding carboxylic acids is 1. The van der Waals surface area contributed by atoms with Crippen LogP contribution in [-0.2, 0) is 0 Å². The quantitative estimate of drug-likeness (QED) is 0.393. The zero-order valence-electron chi connectivity index (χ0n) is 19.0. The minimum Gasteiger partial charge on any atom is -0.507 e. The van der Waals surface area contributed by atoms with E-state index in [2.05, 4.69) is 16.8 Å². The van der Waals surface area contributed by atoms with Crippen molar-refractivity contribution in [1.29, 1.82) is 0 Å². The van der Waals surface area contributed by atoms with Crippen LogP contribution in [0, 0.1) is 6.92 Å². The lowest BCUT2D eigenvalue weighted by Gasteiger charge is -2.27. The Kier molecular flexibility index (Phi) is 6.81. The number of carbonyl (C=O) groups is 1. The smallest absolute Gasteiger partial charge is 0.273 e. The molecule has 1 atom stereocenters. The van der Waals surface area contributed by atoms with Gasteiger partial charge in [0, 0.05) is 29.3 Å². The van der Waals surface area contributed by atoms with Crippen LogP contribution in [0.5, 0.6) is 17.2 Å². The van der Waals surface area contributed by atoms with Crippen molar-refractivity contribution in [2.45, 2.75) is 19.4 Å². The highest BCUT2D eigenvalue weighted by Crippen LogP contribution is 2.46. The molecule has 1 unspecified atom stereocenters. The van der Waals surface area contributed by atoms with Gasteiger partial charge < -0.3 is 24.6 Å². The van der Waals surface area contributed by atoms with Crippen molar-refractivity contribution in [2.75, 3.05) is 26.9 Å². The Morgan fingerprint density at radius 1 is 1.29 bits per heavy atom. The summed E-state index contributed by atoms with van der Waals surface area (Å²) >= 11 is 6.34. The number of hydrogen-bond donors (Lipinski definition) is 3. The van der Waals surface area contributed by atoms with E-state index in [1.54, 1.807) is 43.2 Å². The molecule has 0 radical (unpaired) electrons. The fourth-order valence-corrected chi connectivity index (χ4v) is 4.36.